The van der Waals surface area contributed by atoms with Crippen LogP contribution in [0.15, 0.2) is 18.5 Å². The molecular formula is C10H10ClIN4. The second-order valence-electron chi connectivity index (χ2n) is 3.36. The molecule has 0 aliphatic heterocycles. The zero-order valence-electron chi connectivity index (χ0n) is 8.83. The van der Waals surface area contributed by atoms with Gasteiger partial charge < -0.3 is 5.32 Å². The first-order chi connectivity index (χ1) is 7.59. The predicted molar refractivity (Wildman–Crippen MR) is 73.2 cm³/mol. The molecule has 2 aromatic heterocycles. The maximum atomic E-state index is 5.98. The van der Waals surface area contributed by atoms with Gasteiger partial charge in [0.25, 0.3) is 0 Å². The van der Waals surface area contributed by atoms with E-state index in [1.807, 2.05) is 20.0 Å². The third-order valence-corrected chi connectivity index (χ3v) is 4.26. The van der Waals surface area contributed by atoms with Gasteiger partial charge in [-0.15, -0.1) is 0 Å². The number of nitrogens with one attached hydrogen (secondary N) is 1. The van der Waals surface area contributed by atoms with Crippen molar-refractivity contribution in [2.75, 3.05) is 5.32 Å². The largest absolute Gasteiger partial charge is 0.325 e. The number of aromatic nitrogens is 3. The zero-order valence-corrected chi connectivity index (χ0v) is 11.7. The van der Waals surface area contributed by atoms with Crippen molar-refractivity contribution in [1.82, 2.24) is 14.8 Å². The fourth-order valence-corrected chi connectivity index (χ4v) is 1.89. The normalized spacial score (nSPS) is 10.5. The van der Waals surface area contributed by atoms with Crippen LogP contribution < -0.4 is 5.32 Å². The van der Waals surface area contributed by atoms with Crippen LogP contribution in [0.1, 0.15) is 5.56 Å². The molecule has 0 aliphatic carbocycles. The Balaban J connectivity index is 2.36. The maximum Gasteiger partial charge on any atom is 0.135 e. The van der Waals surface area contributed by atoms with Gasteiger partial charge in [0.1, 0.15) is 11.6 Å². The molecule has 0 saturated heterocycles. The summed E-state index contributed by atoms with van der Waals surface area (Å²) in [5.41, 5.74) is 1.04. The highest BCUT2D eigenvalue weighted by Gasteiger charge is 2.08. The van der Waals surface area contributed by atoms with Crippen molar-refractivity contribution < 1.29 is 0 Å². The van der Waals surface area contributed by atoms with Gasteiger partial charge in [0.15, 0.2) is 0 Å². The van der Waals surface area contributed by atoms with E-state index in [0.29, 0.717) is 5.02 Å². The molecule has 0 unspecified atom stereocenters. The lowest BCUT2D eigenvalue weighted by Gasteiger charge is -2.10. The summed E-state index contributed by atoms with van der Waals surface area (Å²) in [5.74, 6) is 1.70. The van der Waals surface area contributed by atoms with Crippen LogP contribution in [0.25, 0.3) is 0 Å². The van der Waals surface area contributed by atoms with Crippen molar-refractivity contribution in [3.63, 3.8) is 0 Å². The van der Waals surface area contributed by atoms with E-state index in [1.54, 1.807) is 17.1 Å². The van der Waals surface area contributed by atoms with E-state index in [-0.39, 0.29) is 0 Å². The lowest BCUT2D eigenvalue weighted by atomic mass is 10.3. The van der Waals surface area contributed by atoms with Crippen LogP contribution in [-0.2, 0) is 7.05 Å². The molecule has 0 spiro atoms. The first kappa shape index (κ1) is 11.7. The summed E-state index contributed by atoms with van der Waals surface area (Å²) in [5, 5.41) is 7.97. The van der Waals surface area contributed by atoms with Gasteiger partial charge >= 0.3 is 0 Å². The SMILES string of the molecule is Cc1c(Nc2ccnn2C)ncc(Cl)c1I. The van der Waals surface area contributed by atoms with Crippen LogP contribution in [0.2, 0.25) is 5.02 Å². The summed E-state index contributed by atoms with van der Waals surface area (Å²) in [7, 11) is 1.87. The number of nitrogens with zero attached hydrogens (tertiary/aromatic N) is 3. The molecular weight excluding hydrogens is 338 g/mol. The van der Waals surface area contributed by atoms with Crippen molar-refractivity contribution in [1.29, 1.82) is 0 Å². The van der Waals surface area contributed by atoms with Crippen molar-refractivity contribution >= 4 is 45.8 Å². The summed E-state index contributed by atoms with van der Waals surface area (Å²) in [4.78, 5) is 4.27. The van der Waals surface area contributed by atoms with Gasteiger partial charge in [0.2, 0.25) is 0 Å². The highest BCUT2D eigenvalue weighted by molar-refractivity contribution is 14.1. The minimum atomic E-state index is 0.675. The lowest BCUT2D eigenvalue weighted by Crippen LogP contribution is -2.03. The quantitative estimate of drug-likeness (QED) is 0.848. The van der Waals surface area contributed by atoms with Gasteiger partial charge in [-0.2, -0.15) is 5.10 Å². The van der Waals surface area contributed by atoms with E-state index in [1.165, 1.54) is 0 Å². The third-order valence-electron chi connectivity index (χ3n) is 2.27. The Morgan fingerprint density at radius 2 is 2.25 bits per heavy atom. The van der Waals surface area contributed by atoms with Gasteiger partial charge in [0.05, 0.1) is 11.2 Å². The molecule has 2 aromatic rings. The van der Waals surface area contributed by atoms with Gasteiger partial charge in [-0.05, 0) is 29.5 Å². The molecule has 0 atom stereocenters. The highest BCUT2D eigenvalue weighted by Crippen LogP contribution is 2.27. The highest BCUT2D eigenvalue weighted by atomic mass is 127. The van der Waals surface area contributed by atoms with Crippen molar-refractivity contribution in [2.24, 2.45) is 7.05 Å². The maximum absolute atomic E-state index is 5.98. The molecule has 84 valence electrons. The van der Waals surface area contributed by atoms with Gasteiger partial charge in [-0.1, -0.05) is 11.6 Å². The number of aryl methyl sites for hydroxylation is 1. The molecule has 0 aliphatic rings. The molecule has 0 fully saturated rings. The summed E-state index contributed by atoms with van der Waals surface area (Å²) >= 11 is 8.19. The van der Waals surface area contributed by atoms with E-state index >= 15 is 0 Å². The Morgan fingerprint density at radius 1 is 1.50 bits per heavy atom. The van der Waals surface area contributed by atoms with Gasteiger partial charge in [-0.3, -0.25) is 4.68 Å². The average Bonchev–Trinajstić information content (AvgIpc) is 2.65. The minimum absolute atomic E-state index is 0.675. The fourth-order valence-electron chi connectivity index (χ4n) is 1.30. The first-order valence-corrected chi connectivity index (χ1v) is 6.11. The molecule has 0 amide bonds. The van der Waals surface area contributed by atoms with Gasteiger partial charge in [-0.25, -0.2) is 4.98 Å². The molecule has 6 heteroatoms. The number of halogens is 2. The van der Waals surface area contributed by atoms with Crippen molar-refractivity contribution in [3.05, 3.63) is 32.6 Å². The van der Waals surface area contributed by atoms with Crippen LogP contribution in [0.4, 0.5) is 11.6 Å². The van der Waals surface area contributed by atoms with E-state index in [9.17, 15) is 0 Å². The van der Waals surface area contributed by atoms with Crippen molar-refractivity contribution in [2.45, 2.75) is 6.92 Å². The summed E-state index contributed by atoms with van der Waals surface area (Å²) in [6, 6.07) is 1.89. The molecule has 4 nitrogen and oxygen atoms in total. The van der Waals surface area contributed by atoms with Crippen LogP contribution >= 0.6 is 34.2 Å². The van der Waals surface area contributed by atoms with Gasteiger partial charge in [0, 0.05) is 28.4 Å². The molecule has 2 heterocycles. The number of anilines is 2. The van der Waals surface area contributed by atoms with E-state index in [2.05, 4.69) is 38.0 Å². The Kier molecular flexibility index (Phi) is 3.34. The smallest absolute Gasteiger partial charge is 0.135 e. The summed E-state index contributed by atoms with van der Waals surface area (Å²) in [6.07, 6.45) is 3.38. The lowest BCUT2D eigenvalue weighted by molar-refractivity contribution is 0.776. The molecule has 1 N–H and O–H groups in total. The second kappa shape index (κ2) is 4.58. The minimum Gasteiger partial charge on any atom is -0.325 e. The molecule has 0 aromatic carbocycles. The monoisotopic (exact) mass is 348 g/mol. The third kappa shape index (κ3) is 2.15. The number of hydrogen-bond donors (Lipinski definition) is 1. The van der Waals surface area contributed by atoms with Crippen LogP contribution in [-0.4, -0.2) is 14.8 Å². The van der Waals surface area contributed by atoms with Crippen LogP contribution in [0, 0.1) is 10.5 Å². The molecule has 0 radical (unpaired) electrons. The van der Waals surface area contributed by atoms with E-state index in [4.69, 9.17) is 11.6 Å². The van der Waals surface area contributed by atoms with E-state index in [0.717, 1.165) is 20.8 Å². The Labute approximate surface area is 112 Å². The number of hydrogen-bond acceptors (Lipinski definition) is 3. The number of pyridine rings is 1. The van der Waals surface area contributed by atoms with Crippen LogP contribution in [0.3, 0.4) is 0 Å². The Morgan fingerprint density at radius 3 is 2.88 bits per heavy atom. The van der Waals surface area contributed by atoms with E-state index < -0.39 is 0 Å². The number of rotatable bonds is 2. The standard InChI is InChI=1S/C10H10ClIN4/c1-6-9(12)7(11)5-13-10(6)15-8-3-4-14-16(8)2/h3-5H,1-2H3,(H,13,15). The van der Waals surface area contributed by atoms with Crippen LogP contribution in [0.5, 0.6) is 0 Å². The first-order valence-electron chi connectivity index (χ1n) is 4.65. The summed E-state index contributed by atoms with van der Waals surface area (Å²) in [6.45, 7) is 1.99. The predicted octanol–water partition coefficient (Wildman–Crippen LogP) is 3.13. The summed E-state index contributed by atoms with van der Waals surface area (Å²) < 4.78 is 2.77. The van der Waals surface area contributed by atoms with Crippen molar-refractivity contribution in [3.8, 4) is 0 Å². The Hall–Kier alpha value is -0.820. The molecule has 2 rings (SSSR count). The zero-order chi connectivity index (χ0) is 11.7. The average molecular weight is 349 g/mol. The molecule has 0 saturated carbocycles. The fraction of sp³-hybridized carbons (Fsp3) is 0.200. The Bertz CT molecular complexity index is 524. The second-order valence-corrected chi connectivity index (χ2v) is 4.84. The topological polar surface area (TPSA) is 42.7 Å². The molecule has 0 bridgehead atoms. The molecule has 16 heavy (non-hydrogen) atoms.